The van der Waals surface area contributed by atoms with Crippen LogP contribution in [0.15, 0.2) is 24.3 Å². The molecule has 0 aliphatic heterocycles. The molecule has 0 fully saturated rings. The molecular weight excluding hydrogens is 202 g/mol. The zero-order chi connectivity index (χ0) is 12.1. The van der Waals surface area contributed by atoms with Gasteiger partial charge < -0.3 is 4.74 Å². The Balaban J connectivity index is 2.96. The molecule has 0 heterocycles. The number of methoxy groups -OCH3 is 1. The number of hydrogen-bond donors (Lipinski definition) is 0. The number of esters is 1. The van der Waals surface area contributed by atoms with Crippen LogP contribution in [0.4, 0.5) is 0 Å². The smallest absolute Gasteiger partial charge is 0.327 e. The normalized spacial score (nSPS) is 11.9. The largest absolute Gasteiger partial charge is 0.468 e. The van der Waals surface area contributed by atoms with Crippen LogP contribution in [0.2, 0.25) is 0 Å². The number of nitrogens with zero attached hydrogens (tertiary/aromatic N) is 1. The molecule has 0 amide bonds. The zero-order valence-corrected chi connectivity index (χ0v) is 9.73. The first-order chi connectivity index (χ1) is 7.60. The van der Waals surface area contributed by atoms with Gasteiger partial charge in [0.25, 0.3) is 0 Å². The summed E-state index contributed by atoms with van der Waals surface area (Å²) in [6.45, 7) is 4.19. The Morgan fingerprint density at radius 1 is 1.25 bits per heavy atom. The van der Waals surface area contributed by atoms with E-state index in [-0.39, 0.29) is 0 Å². The minimum Gasteiger partial charge on any atom is -0.468 e. The molecule has 1 rings (SSSR count). The van der Waals surface area contributed by atoms with Gasteiger partial charge in [-0.2, -0.15) is 5.26 Å². The lowest BCUT2D eigenvalue weighted by atomic mass is 9.96. The second-order valence-corrected chi connectivity index (χ2v) is 3.91. The lowest BCUT2D eigenvalue weighted by Gasteiger charge is -2.09. The highest BCUT2D eigenvalue weighted by Crippen LogP contribution is 2.20. The van der Waals surface area contributed by atoms with E-state index in [2.05, 4.69) is 18.6 Å². The van der Waals surface area contributed by atoms with E-state index in [1.54, 1.807) is 12.1 Å². The highest BCUT2D eigenvalue weighted by atomic mass is 16.5. The van der Waals surface area contributed by atoms with Gasteiger partial charge >= 0.3 is 5.97 Å². The van der Waals surface area contributed by atoms with E-state index < -0.39 is 11.9 Å². The summed E-state index contributed by atoms with van der Waals surface area (Å²) in [6.07, 6.45) is 0. The molecule has 1 aromatic carbocycles. The SMILES string of the molecule is COC(=O)C(C#N)c1ccc(C(C)C)cc1. The fraction of sp³-hybridized carbons (Fsp3) is 0.385. The van der Waals surface area contributed by atoms with Crippen LogP contribution in [-0.4, -0.2) is 13.1 Å². The van der Waals surface area contributed by atoms with Gasteiger partial charge in [-0.15, -0.1) is 0 Å². The van der Waals surface area contributed by atoms with E-state index in [1.165, 1.54) is 12.7 Å². The van der Waals surface area contributed by atoms with Crippen molar-refractivity contribution in [3.8, 4) is 6.07 Å². The summed E-state index contributed by atoms with van der Waals surface area (Å²) in [5.41, 5.74) is 1.86. The summed E-state index contributed by atoms with van der Waals surface area (Å²) in [5, 5.41) is 8.91. The zero-order valence-electron chi connectivity index (χ0n) is 9.73. The van der Waals surface area contributed by atoms with Crippen molar-refractivity contribution >= 4 is 5.97 Å². The van der Waals surface area contributed by atoms with Crippen LogP contribution in [0, 0.1) is 11.3 Å². The molecule has 3 heteroatoms. The molecule has 0 aromatic heterocycles. The molecule has 1 atom stereocenters. The van der Waals surface area contributed by atoms with Crippen molar-refractivity contribution in [3.05, 3.63) is 35.4 Å². The topological polar surface area (TPSA) is 50.1 Å². The summed E-state index contributed by atoms with van der Waals surface area (Å²) < 4.78 is 4.57. The fourth-order valence-electron chi connectivity index (χ4n) is 1.45. The Hall–Kier alpha value is -1.82. The van der Waals surface area contributed by atoms with Crippen molar-refractivity contribution < 1.29 is 9.53 Å². The molecule has 0 aliphatic rings. The molecule has 0 bridgehead atoms. The molecule has 84 valence electrons. The summed E-state index contributed by atoms with van der Waals surface area (Å²) in [7, 11) is 1.29. The van der Waals surface area contributed by atoms with Crippen LogP contribution in [0.3, 0.4) is 0 Å². The van der Waals surface area contributed by atoms with Crippen molar-refractivity contribution in [2.45, 2.75) is 25.7 Å². The minimum atomic E-state index is -0.828. The summed E-state index contributed by atoms with van der Waals surface area (Å²) in [5.74, 6) is -0.904. The number of carbonyl (C=O) groups is 1. The number of nitriles is 1. The van der Waals surface area contributed by atoms with E-state index in [0.29, 0.717) is 11.5 Å². The van der Waals surface area contributed by atoms with Gasteiger partial charge in [-0.25, -0.2) is 0 Å². The maximum absolute atomic E-state index is 11.3. The first-order valence-electron chi connectivity index (χ1n) is 5.17. The monoisotopic (exact) mass is 217 g/mol. The highest BCUT2D eigenvalue weighted by Gasteiger charge is 2.20. The maximum atomic E-state index is 11.3. The van der Waals surface area contributed by atoms with E-state index in [4.69, 9.17) is 5.26 Å². The van der Waals surface area contributed by atoms with Crippen molar-refractivity contribution in [2.24, 2.45) is 0 Å². The predicted octanol–water partition coefficient (Wildman–Crippen LogP) is 2.59. The van der Waals surface area contributed by atoms with Gasteiger partial charge in [0.2, 0.25) is 0 Å². The summed E-state index contributed by atoms with van der Waals surface area (Å²) in [4.78, 5) is 11.3. The van der Waals surface area contributed by atoms with Crippen LogP contribution >= 0.6 is 0 Å². The van der Waals surface area contributed by atoms with Crippen LogP contribution < -0.4 is 0 Å². The van der Waals surface area contributed by atoms with E-state index in [0.717, 1.165) is 0 Å². The molecule has 0 saturated carbocycles. The minimum absolute atomic E-state index is 0.438. The van der Waals surface area contributed by atoms with E-state index in [1.807, 2.05) is 18.2 Å². The van der Waals surface area contributed by atoms with Gasteiger partial charge in [-0.3, -0.25) is 4.79 Å². The third kappa shape index (κ3) is 2.60. The van der Waals surface area contributed by atoms with Crippen molar-refractivity contribution in [1.29, 1.82) is 5.26 Å². The van der Waals surface area contributed by atoms with Gasteiger partial charge in [0, 0.05) is 0 Å². The molecule has 3 nitrogen and oxygen atoms in total. The number of benzene rings is 1. The summed E-state index contributed by atoms with van der Waals surface area (Å²) >= 11 is 0. The van der Waals surface area contributed by atoms with Crippen LogP contribution in [0.25, 0.3) is 0 Å². The molecule has 0 N–H and O–H groups in total. The molecule has 1 unspecified atom stereocenters. The molecule has 1 aromatic rings. The highest BCUT2D eigenvalue weighted by molar-refractivity contribution is 5.81. The summed E-state index contributed by atoms with van der Waals surface area (Å²) in [6, 6.07) is 9.43. The van der Waals surface area contributed by atoms with E-state index >= 15 is 0 Å². The third-order valence-corrected chi connectivity index (χ3v) is 2.50. The molecule has 0 spiro atoms. The second-order valence-electron chi connectivity index (χ2n) is 3.91. The van der Waals surface area contributed by atoms with Crippen molar-refractivity contribution in [3.63, 3.8) is 0 Å². The van der Waals surface area contributed by atoms with Gasteiger partial charge in [-0.05, 0) is 17.0 Å². The lowest BCUT2D eigenvalue weighted by Crippen LogP contribution is -2.12. The number of hydrogen-bond acceptors (Lipinski definition) is 3. The Morgan fingerprint density at radius 3 is 2.12 bits per heavy atom. The van der Waals surface area contributed by atoms with E-state index in [9.17, 15) is 4.79 Å². The Labute approximate surface area is 95.7 Å². The molecule has 0 saturated heterocycles. The Bertz CT molecular complexity index is 401. The first-order valence-corrected chi connectivity index (χ1v) is 5.17. The average Bonchev–Trinajstić information content (AvgIpc) is 2.30. The molecule has 16 heavy (non-hydrogen) atoms. The quantitative estimate of drug-likeness (QED) is 0.731. The third-order valence-electron chi connectivity index (χ3n) is 2.50. The maximum Gasteiger partial charge on any atom is 0.327 e. The Kier molecular flexibility index (Phi) is 4.07. The van der Waals surface area contributed by atoms with Gasteiger partial charge in [-0.1, -0.05) is 38.1 Å². The second kappa shape index (κ2) is 5.32. The lowest BCUT2D eigenvalue weighted by molar-refractivity contribution is -0.140. The fourth-order valence-corrected chi connectivity index (χ4v) is 1.45. The Morgan fingerprint density at radius 2 is 1.75 bits per heavy atom. The molecular formula is C13H15NO2. The van der Waals surface area contributed by atoms with Crippen molar-refractivity contribution in [1.82, 2.24) is 0 Å². The van der Waals surface area contributed by atoms with Crippen LogP contribution in [-0.2, 0) is 9.53 Å². The van der Waals surface area contributed by atoms with Crippen molar-refractivity contribution in [2.75, 3.05) is 7.11 Å². The van der Waals surface area contributed by atoms with Gasteiger partial charge in [0.1, 0.15) is 0 Å². The van der Waals surface area contributed by atoms with Crippen LogP contribution in [0.5, 0.6) is 0 Å². The average molecular weight is 217 g/mol. The number of rotatable bonds is 3. The number of ether oxygens (including phenoxy) is 1. The first kappa shape index (κ1) is 12.3. The predicted molar refractivity (Wildman–Crippen MR) is 60.9 cm³/mol. The van der Waals surface area contributed by atoms with Crippen LogP contribution in [0.1, 0.15) is 36.8 Å². The standard InChI is InChI=1S/C13H15NO2/c1-9(2)10-4-6-11(7-5-10)12(8-14)13(15)16-3/h4-7,9,12H,1-3H3. The number of carbonyl (C=O) groups excluding carboxylic acids is 1. The van der Waals surface area contributed by atoms with Gasteiger partial charge in [0.15, 0.2) is 5.92 Å². The molecule has 0 aliphatic carbocycles. The molecule has 0 radical (unpaired) electrons. The van der Waals surface area contributed by atoms with Gasteiger partial charge in [0.05, 0.1) is 13.2 Å².